The fourth-order valence-corrected chi connectivity index (χ4v) is 1.41. The van der Waals surface area contributed by atoms with Gasteiger partial charge in [-0.2, -0.15) is 13.2 Å². The molecule has 0 N–H and O–H groups in total. The van der Waals surface area contributed by atoms with Gasteiger partial charge in [0.25, 0.3) is 5.92 Å². The van der Waals surface area contributed by atoms with Crippen LogP contribution in [0.25, 0.3) is 0 Å². The minimum Gasteiger partial charge on any atom is -0.219 e. The first kappa shape index (κ1) is 17.1. The second kappa shape index (κ2) is 5.40. The van der Waals surface area contributed by atoms with E-state index < -0.39 is 40.4 Å². The Balaban J connectivity index is 5.84. The highest BCUT2D eigenvalue weighted by Crippen LogP contribution is 2.53. The monoisotopic (exact) mass is 326 g/mol. The smallest absolute Gasteiger partial charge is 0.219 e. The van der Waals surface area contributed by atoms with Crippen molar-refractivity contribution in [3.63, 3.8) is 0 Å². The summed E-state index contributed by atoms with van der Waals surface area (Å²) in [7, 11) is 0. The molecule has 0 aromatic carbocycles. The molecule has 0 nitrogen and oxygen atoms in total. The number of halogens is 10. The highest BCUT2D eigenvalue weighted by molar-refractivity contribution is 6.56. The Hall–Kier alpha value is 0.120. The minimum absolute atomic E-state index is 1.01. The molecule has 0 aromatic rings. The topological polar surface area (TPSA) is 0 Å². The second-order valence-corrected chi connectivity index (χ2v) is 4.20. The van der Waals surface area contributed by atoms with Gasteiger partial charge >= 0.3 is 11.8 Å². The third-order valence-electron chi connectivity index (χ3n) is 1.77. The van der Waals surface area contributed by atoms with Crippen LogP contribution in [0.15, 0.2) is 10.3 Å². The van der Waals surface area contributed by atoms with Gasteiger partial charge in [0.15, 0.2) is 5.83 Å². The van der Waals surface area contributed by atoms with E-state index in [0.717, 1.165) is 0 Å². The van der Waals surface area contributed by atoms with E-state index in [1.165, 1.54) is 0 Å². The number of hydrogen-bond acceptors (Lipinski definition) is 0. The lowest BCUT2D eigenvalue weighted by molar-refractivity contribution is -0.292. The van der Waals surface area contributed by atoms with Crippen LogP contribution in [0.5, 0.6) is 0 Å². The van der Waals surface area contributed by atoms with Gasteiger partial charge < -0.3 is 0 Å². The Morgan fingerprint density at radius 2 is 1.35 bits per heavy atom. The molecule has 0 radical (unpaired) electrons. The van der Waals surface area contributed by atoms with E-state index in [2.05, 4.69) is 23.2 Å². The Morgan fingerprint density at radius 3 is 1.59 bits per heavy atom. The number of hydrogen-bond donors (Lipinski definition) is 0. The van der Waals surface area contributed by atoms with Gasteiger partial charge in [-0.3, -0.25) is 0 Å². The maximum absolute atomic E-state index is 13.4. The molecule has 0 aliphatic heterocycles. The molecule has 0 fully saturated rings. The average Bonchev–Trinajstić information content (AvgIpc) is 2.12. The molecule has 0 aliphatic carbocycles. The highest BCUT2D eigenvalue weighted by Gasteiger charge is 2.74. The summed E-state index contributed by atoms with van der Waals surface area (Å²) in [5.41, 5.74) is -5.60. The quantitative estimate of drug-likeness (QED) is 0.495. The minimum atomic E-state index is -6.23. The molecule has 17 heavy (non-hydrogen) atoms. The third kappa shape index (κ3) is 3.12. The van der Waals surface area contributed by atoms with Gasteiger partial charge in [0.2, 0.25) is 0 Å². The number of rotatable bonds is 4. The lowest BCUT2D eigenvalue weighted by Crippen LogP contribution is -2.56. The highest BCUT2D eigenvalue weighted by atomic mass is 35.5. The molecule has 0 aromatic heterocycles. The van der Waals surface area contributed by atoms with Crippen LogP contribution in [0.1, 0.15) is 6.42 Å². The summed E-state index contributed by atoms with van der Waals surface area (Å²) in [4.78, 5) is 0. The van der Waals surface area contributed by atoms with E-state index in [1.807, 2.05) is 0 Å². The van der Waals surface area contributed by atoms with Crippen LogP contribution in [0.3, 0.4) is 0 Å². The van der Waals surface area contributed by atoms with Crippen LogP contribution in [-0.4, -0.2) is 23.6 Å². The molecule has 10 heteroatoms. The van der Waals surface area contributed by atoms with E-state index in [4.69, 9.17) is 11.6 Å². The van der Waals surface area contributed by atoms with Crippen molar-refractivity contribution in [1.29, 1.82) is 0 Å². The summed E-state index contributed by atoms with van der Waals surface area (Å²) in [5.74, 6) is -9.14. The van der Waals surface area contributed by atoms with E-state index >= 15 is 0 Å². The van der Waals surface area contributed by atoms with Crippen molar-refractivity contribution in [3.05, 3.63) is 10.3 Å². The molecular weight excluding hydrogens is 323 g/mol. The first-order valence-corrected chi connectivity index (χ1v) is 5.11. The lowest BCUT2D eigenvalue weighted by atomic mass is 9.93. The Bertz CT molecular complexity index is 307. The first-order chi connectivity index (χ1) is 7.41. The Kier molecular flexibility index (Phi) is 5.44. The summed E-state index contributed by atoms with van der Waals surface area (Å²) in [6.45, 7) is 0. The lowest BCUT2D eigenvalue weighted by Gasteiger charge is -2.33. The van der Waals surface area contributed by atoms with Gasteiger partial charge in [0.1, 0.15) is 4.49 Å². The van der Waals surface area contributed by atoms with Crippen molar-refractivity contribution < 1.29 is 30.7 Å². The van der Waals surface area contributed by atoms with Crippen molar-refractivity contribution >= 4 is 34.8 Å². The van der Waals surface area contributed by atoms with E-state index in [-0.39, 0.29) is 0 Å². The molecular formula is C7H4Cl3F7. The molecule has 102 valence electrons. The van der Waals surface area contributed by atoms with E-state index in [1.54, 1.807) is 0 Å². The van der Waals surface area contributed by atoms with Gasteiger partial charge in [0, 0.05) is 12.3 Å². The normalized spacial score (nSPS) is 16.6. The van der Waals surface area contributed by atoms with Crippen LogP contribution in [0, 0.1) is 0 Å². The van der Waals surface area contributed by atoms with E-state index in [0.29, 0.717) is 0 Å². The predicted octanol–water partition coefficient (Wildman–Crippen LogP) is 5.14. The molecule has 0 saturated heterocycles. The Morgan fingerprint density at radius 1 is 0.941 bits per heavy atom. The van der Waals surface area contributed by atoms with Gasteiger partial charge in [-0.15, -0.1) is 11.6 Å². The maximum Gasteiger partial charge on any atom is 0.435 e. The number of alkyl halides is 7. The molecule has 1 unspecified atom stereocenters. The summed E-state index contributed by atoms with van der Waals surface area (Å²) in [6.07, 6.45) is -7.97. The zero-order valence-electron chi connectivity index (χ0n) is 7.69. The average molecular weight is 327 g/mol. The maximum atomic E-state index is 13.4. The summed E-state index contributed by atoms with van der Waals surface area (Å²) >= 11 is 14.0. The van der Waals surface area contributed by atoms with Crippen molar-refractivity contribution in [1.82, 2.24) is 0 Å². The fourth-order valence-electron chi connectivity index (χ4n) is 0.913. The molecule has 0 spiro atoms. The third-order valence-corrected chi connectivity index (χ3v) is 2.29. The largest absolute Gasteiger partial charge is 0.435 e. The summed E-state index contributed by atoms with van der Waals surface area (Å²) < 4.78 is 87.1. The molecule has 0 amide bonds. The summed E-state index contributed by atoms with van der Waals surface area (Å²) in [6, 6.07) is 0. The van der Waals surface area contributed by atoms with Gasteiger partial charge in [-0.1, -0.05) is 23.2 Å². The van der Waals surface area contributed by atoms with Crippen molar-refractivity contribution in [3.8, 4) is 0 Å². The van der Waals surface area contributed by atoms with Crippen LogP contribution < -0.4 is 0 Å². The van der Waals surface area contributed by atoms with Crippen LogP contribution >= 0.6 is 34.8 Å². The molecule has 1 atom stereocenters. The fraction of sp³-hybridized carbons (Fsp3) is 0.714. The van der Waals surface area contributed by atoms with Crippen LogP contribution in [0.2, 0.25) is 0 Å². The second-order valence-electron chi connectivity index (χ2n) is 2.87. The van der Waals surface area contributed by atoms with Gasteiger partial charge in [-0.25, -0.2) is 17.6 Å². The molecule has 0 saturated carbocycles. The first-order valence-electron chi connectivity index (χ1n) is 3.82. The van der Waals surface area contributed by atoms with E-state index in [9.17, 15) is 30.7 Å². The molecule has 0 bridgehead atoms. The molecule has 0 aliphatic rings. The predicted molar refractivity (Wildman–Crippen MR) is 50.0 cm³/mol. The van der Waals surface area contributed by atoms with Crippen molar-refractivity contribution in [2.75, 3.05) is 5.88 Å². The van der Waals surface area contributed by atoms with Gasteiger partial charge in [-0.05, 0) is 0 Å². The zero-order valence-corrected chi connectivity index (χ0v) is 9.96. The zero-order chi connectivity index (χ0) is 14.1. The molecule has 0 rings (SSSR count). The Labute approximate surface area is 106 Å². The van der Waals surface area contributed by atoms with Crippen molar-refractivity contribution in [2.45, 2.75) is 24.2 Å². The SMILES string of the molecule is FC(=C(Cl)Cl)C(F)(C(F)(F)F)C(F)(F)CCCl. The van der Waals surface area contributed by atoms with Crippen LogP contribution in [0.4, 0.5) is 30.7 Å². The molecule has 0 heterocycles. The van der Waals surface area contributed by atoms with Crippen LogP contribution in [-0.2, 0) is 0 Å². The summed E-state index contributed by atoms with van der Waals surface area (Å²) in [5, 5.41) is 0. The van der Waals surface area contributed by atoms with Crippen molar-refractivity contribution in [2.24, 2.45) is 0 Å². The standard InChI is InChI=1S/C7H4Cl3F7/c8-2-1-5(12,13)6(14,7(15,16)17)3(11)4(9)10/h1-2H2. The number of allylic oxidation sites excluding steroid dienone is 1. The van der Waals surface area contributed by atoms with Gasteiger partial charge in [0.05, 0.1) is 0 Å².